The highest BCUT2D eigenvalue weighted by molar-refractivity contribution is 6.31. The van der Waals surface area contributed by atoms with Crippen LogP contribution in [0.25, 0.3) is 0 Å². The van der Waals surface area contributed by atoms with E-state index in [-0.39, 0.29) is 11.3 Å². The molecule has 6 heteroatoms. The molecule has 0 unspecified atom stereocenters. The number of hydrogen-bond acceptors (Lipinski definition) is 4. The fourth-order valence-electron chi connectivity index (χ4n) is 1.04. The van der Waals surface area contributed by atoms with E-state index in [4.69, 9.17) is 21.4 Å². The summed E-state index contributed by atoms with van der Waals surface area (Å²) >= 11 is 5.70. The zero-order valence-corrected chi connectivity index (χ0v) is 9.15. The summed E-state index contributed by atoms with van der Waals surface area (Å²) < 4.78 is 9.43. The maximum absolute atomic E-state index is 11.3. The molecule has 0 saturated carbocycles. The molecule has 0 heterocycles. The van der Waals surface area contributed by atoms with Crippen molar-refractivity contribution in [3.05, 3.63) is 28.8 Å². The molecular weight excluding hydrogens is 236 g/mol. The molecule has 0 radical (unpaired) electrons. The summed E-state index contributed by atoms with van der Waals surface area (Å²) in [7, 11) is 1.21. The second-order valence-corrected chi connectivity index (χ2v) is 3.25. The minimum Gasteiger partial charge on any atom is -0.481 e. The number of aliphatic carboxylic acids is 1. The normalized spacial score (nSPS) is 9.62. The Kier molecular flexibility index (Phi) is 4.13. The van der Waals surface area contributed by atoms with Crippen molar-refractivity contribution in [3.63, 3.8) is 0 Å². The van der Waals surface area contributed by atoms with Crippen LogP contribution in [0.2, 0.25) is 5.02 Å². The summed E-state index contributed by atoms with van der Waals surface area (Å²) in [6.45, 7) is -0.536. The lowest BCUT2D eigenvalue weighted by Gasteiger charge is -2.08. The standard InChI is InChI=1S/C10H9ClO5/c1-15-10(14)7-4-6(11)2-3-8(7)16-5-9(12)13/h2-4H,5H2,1H3,(H,12,13). The smallest absolute Gasteiger partial charge is 0.341 e. The average molecular weight is 245 g/mol. The predicted molar refractivity (Wildman–Crippen MR) is 55.9 cm³/mol. The van der Waals surface area contributed by atoms with Crippen LogP contribution in [0, 0.1) is 0 Å². The van der Waals surface area contributed by atoms with Gasteiger partial charge in [0.1, 0.15) is 11.3 Å². The largest absolute Gasteiger partial charge is 0.481 e. The van der Waals surface area contributed by atoms with E-state index in [1.165, 1.54) is 25.3 Å². The number of carboxylic acids is 1. The van der Waals surface area contributed by atoms with Crippen molar-refractivity contribution in [3.8, 4) is 5.75 Å². The number of carboxylic acid groups (broad SMARTS) is 1. The summed E-state index contributed by atoms with van der Waals surface area (Å²) in [6, 6.07) is 4.26. The maximum atomic E-state index is 11.3. The van der Waals surface area contributed by atoms with Crippen LogP contribution in [0.5, 0.6) is 5.75 Å². The maximum Gasteiger partial charge on any atom is 0.341 e. The second-order valence-electron chi connectivity index (χ2n) is 2.81. The lowest BCUT2D eigenvalue weighted by atomic mass is 10.2. The second kappa shape index (κ2) is 5.37. The number of hydrogen-bond donors (Lipinski definition) is 1. The molecule has 0 aliphatic carbocycles. The molecule has 1 aromatic rings. The Morgan fingerprint density at radius 2 is 2.12 bits per heavy atom. The summed E-state index contributed by atoms with van der Waals surface area (Å²) in [5.41, 5.74) is 0.0938. The lowest BCUT2D eigenvalue weighted by Crippen LogP contribution is -2.12. The van der Waals surface area contributed by atoms with E-state index in [1.807, 2.05) is 0 Å². The molecule has 0 fully saturated rings. The molecule has 0 aliphatic heterocycles. The van der Waals surface area contributed by atoms with Crippen LogP contribution in [0.4, 0.5) is 0 Å². The predicted octanol–water partition coefficient (Wildman–Crippen LogP) is 1.59. The van der Waals surface area contributed by atoms with Crippen LogP contribution < -0.4 is 4.74 Å². The Morgan fingerprint density at radius 1 is 1.44 bits per heavy atom. The van der Waals surface area contributed by atoms with Crippen LogP contribution in [0.15, 0.2) is 18.2 Å². The van der Waals surface area contributed by atoms with Gasteiger partial charge in [0, 0.05) is 5.02 Å². The SMILES string of the molecule is COC(=O)c1cc(Cl)ccc1OCC(=O)O. The monoisotopic (exact) mass is 244 g/mol. The van der Waals surface area contributed by atoms with Crippen molar-refractivity contribution in [2.45, 2.75) is 0 Å². The van der Waals surface area contributed by atoms with Gasteiger partial charge in [-0.05, 0) is 18.2 Å². The van der Waals surface area contributed by atoms with Gasteiger partial charge in [-0.3, -0.25) is 0 Å². The Morgan fingerprint density at radius 3 is 2.69 bits per heavy atom. The van der Waals surface area contributed by atoms with Crippen LogP contribution in [-0.2, 0) is 9.53 Å². The van der Waals surface area contributed by atoms with Gasteiger partial charge in [0.25, 0.3) is 0 Å². The van der Waals surface area contributed by atoms with Gasteiger partial charge in [-0.25, -0.2) is 9.59 Å². The molecule has 0 atom stereocenters. The van der Waals surface area contributed by atoms with Gasteiger partial charge in [-0.2, -0.15) is 0 Å². The highest BCUT2D eigenvalue weighted by atomic mass is 35.5. The molecule has 86 valence electrons. The van der Waals surface area contributed by atoms with Crippen molar-refractivity contribution in [2.75, 3.05) is 13.7 Å². The summed E-state index contributed by atoms with van der Waals surface area (Å²) in [4.78, 5) is 21.6. The number of benzene rings is 1. The molecule has 0 spiro atoms. The summed E-state index contributed by atoms with van der Waals surface area (Å²) in [5, 5.41) is 8.79. The number of esters is 1. The zero-order valence-electron chi connectivity index (χ0n) is 8.40. The molecule has 16 heavy (non-hydrogen) atoms. The van der Waals surface area contributed by atoms with E-state index in [2.05, 4.69) is 4.74 Å². The molecular formula is C10H9ClO5. The Bertz CT molecular complexity index is 416. The van der Waals surface area contributed by atoms with Gasteiger partial charge in [0.05, 0.1) is 7.11 Å². The van der Waals surface area contributed by atoms with E-state index in [9.17, 15) is 9.59 Å². The van der Waals surface area contributed by atoms with E-state index < -0.39 is 18.5 Å². The highest BCUT2D eigenvalue weighted by Crippen LogP contribution is 2.23. The number of methoxy groups -OCH3 is 1. The van der Waals surface area contributed by atoms with E-state index in [0.717, 1.165) is 0 Å². The zero-order chi connectivity index (χ0) is 12.1. The average Bonchev–Trinajstić information content (AvgIpc) is 2.26. The van der Waals surface area contributed by atoms with Crippen LogP contribution in [0.3, 0.4) is 0 Å². The van der Waals surface area contributed by atoms with Crippen LogP contribution >= 0.6 is 11.6 Å². The summed E-state index contributed by atoms with van der Waals surface area (Å²) in [6.07, 6.45) is 0. The topological polar surface area (TPSA) is 72.8 Å². The van der Waals surface area contributed by atoms with Gasteiger partial charge in [0.15, 0.2) is 6.61 Å². The lowest BCUT2D eigenvalue weighted by molar-refractivity contribution is -0.139. The van der Waals surface area contributed by atoms with Gasteiger partial charge < -0.3 is 14.6 Å². The van der Waals surface area contributed by atoms with Crippen molar-refractivity contribution >= 4 is 23.5 Å². The number of halogens is 1. The highest BCUT2D eigenvalue weighted by Gasteiger charge is 2.14. The first-order chi connectivity index (χ1) is 7.54. The van der Waals surface area contributed by atoms with Crippen molar-refractivity contribution in [1.82, 2.24) is 0 Å². The minimum atomic E-state index is -1.13. The van der Waals surface area contributed by atoms with Crippen LogP contribution in [0.1, 0.15) is 10.4 Å². The minimum absolute atomic E-state index is 0.0938. The molecule has 0 aliphatic rings. The van der Waals surface area contributed by atoms with E-state index in [0.29, 0.717) is 5.02 Å². The number of carbonyl (C=O) groups excluding carboxylic acids is 1. The van der Waals surface area contributed by atoms with Gasteiger partial charge in [-0.1, -0.05) is 11.6 Å². The fraction of sp³-hybridized carbons (Fsp3) is 0.200. The van der Waals surface area contributed by atoms with E-state index >= 15 is 0 Å². The molecule has 0 bridgehead atoms. The number of rotatable bonds is 4. The van der Waals surface area contributed by atoms with E-state index in [1.54, 1.807) is 0 Å². The molecule has 5 nitrogen and oxygen atoms in total. The molecule has 1 N–H and O–H groups in total. The third kappa shape index (κ3) is 3.13. The van der Waals surface area contributed by atoms with Gasteiger partial charge in [-0.15, -0.1) is 0 Å². The van der Waals surface area contributed by atoms with Crippen molar-refractivity contribution in [2.24, 2.45) is 0 Å². The first-order valence-electron chi connectivity index (χ1n) is 4.27. The number of ether oxygens (including phenoxy) is 2. The fourth-order valence-corrected chi connectivity index (χ4v) is 1.21. The molecule has 1 rings (SSSR count). The third-order valence-corrected chi connectivity index (χ3v) is 1.93. The Labute approximate surface area is 96.5 Å². The quantitative estimate of drug-likeness (QED) is 0.815. The molecule has 0 saturated heterocycles. The number of carbonyl (C=O) groups is 2. The Hall–Kier alpha value is -1.75. The Balaban J connectivity index is 2.98. The van der Waals surface area contributed by atoms with Crippen molar-refractivity contribution < 1.29 is 24.2 Å². The van der Waals surface area contributed by atoms with Gasteiger partial charge >= 0.3 is 11.9 Å². The molecule has 0 aromatic heterocycles. The molecule has 0 amide bonds. The first-order valence-corrected chi connectivity index (χ1v) is 4.65. The molecule has 1 aromatic carbocycles. The first kappa shape index (κ1) is 12.3. The van der Waals surface area contributed by atoms with Gasteiger partial charge in [0.2, 0.25) is 0 Å². The third-order valence-electron chi connectivity index (χ3n) is 1.70. The van der Waals surface area contributed by atoms with Crippen LogP contribution in [-0.4, -0.2) is 30.8 Å². The summed E-state index contributed by atoms with van der Waals surface area (Å²) in [5.74, 6) is -1.65. The van der Waals surface area contributed by atoms with Crippen molar-refractivity contribution in [1.29, 1.82) is 0 Å².